The number of rotatable bonds is 7. The number of hydrogen-bond donors (Lipinski definition) is 2. The lowest BCUT2D eigenvalue weighted by Gasteiger charge is -2.10. The largest absolute Gasteiger partial charge is 0.459 e. The molecule has 4 rings (SSSR count). The number of aromatic nitrogens is 2. The van der Waals surface area contributed by atoms with E-state index in [2.05, 4.69) is 20.8 Å². The molecule has 0 bridgehead atoms. The molecule has 0 aliphatic heterocycles. The van der Waals surface area contributed by atoms with Crippen LogP contribution in [0.2, 0.25) is 0 Å². The predicted octanol–water partition coefficient (Wildman–Crippen LogP) is 4.78. The zero-order valence-electron chi connectivity index (χ0n) is 15.6. The highest BCUT2D eigenvalue weighted by molar-refractivity contribution is 8.01. The van der Waals surface area contributed by atoms with Gasteiger partial charge < -0.3 is 9.73 Å². The van der Waals surface area contributed by atoms with Crippen LogP contribution in [0.25, 0.3) is 11.1 Å². The van der Waals surface area contributed by atoms with E-state index in [4.69, 9.17) is 4.42 Å². The van der Waals surface area contributed by atoms with Crippen molar-refractivity contribution in [3.63, 3.8) is 0 Å². The normalized spacial score (nSPS) is 10.5. The molecule has 2 amide bonds. The molecule has 2 N–H and O–H groups in total. The molecule has 0 fully saturated rings. The van der Waals surface area contributed by atoms with E-state index in [0.29, 0.717) is 9.47 Å². The molecule has 30 heavy (non-hydrogen) atoms. The molecule has 150 valence electrons. The lowest BCUT2D eigenvalue weighted by atomic mass is 10.0. The van der Waals surface area contributed by atoms with Crippen molar-refractivity contribution in [3.8, 4) is 11.1 Å². The molecule has 4 aromatic rings. The molecule has 0 radical (unpaired) electrons. The second-order valence-electron chi connectivity index (χ2n) is 6.05. The molecule has 0 spiro atoms. The van der Waals surface area contributed by atoms with Crippen molar-refractivity contribution in [3.05, 3.63) is 78.8 Å². The maximum atomic E-state index is 12.5. The van der Waals surface area contributed by atoms with E-state index >= 15 is 0 Å². The fourth-order valence-electron chi connectivity index (χ4n) is 2.66. The van der Waals surface area contributed by atoms with E-state index < -0.39 is 5.91 Å². The number of benzene rings is 2. The van der Waals surface area contributed by atoms with Crippen molar-refractivity contribution >= 4 is 45.7 Å². The van der Waals surface area contributed by atoms with Crippen LogP contribution in [0.4, 0.5) is 10.8 Å². The first-order valence-corrected chi connectivity index (χ1v) is 10.7. The number of para-hydroxylation sites is 1. The van der Waals surface area contributed by atoms with Gasteiger partial charge in [-0.1, -0.05) is 71.6 Å². The molecule has 7 nitrogen and oxygen atoms in total. The standard InChI is InChI=1S/C21H16N4O3S2/c26-18(22-16-10-5-4-9-15(16)14-7-2-1-3-8-14)13-29-21-25-24-20(30-21)23-19(27)17-11-6-12-28-17/h1-12H,13H2,(H,22,26)(H,23,24,27). The molecule has 0 saturated heterocycles. The quantitative estimate of drug-likeness (QED) is 0.320. The van der Waals surface area contributed by atoms with Crippen LogP contribution >= 0.6 is 23.1 Å². The van der Waals surface area contributed by atoms with E-state index in [9.17, 15) is 9.59 Å². The van der Waals surface area contributed by atoms with E-state index in [-0.39, 0.29) is 17.4 Å². The summed E-state index contributed by atoms with van der Waals surface area (Å²) in [6, 6.07) is 20.7. The zero-order chi connectivity index (χ0) is 20.8. The lowest BCUT2D eigenvalue weighted by molar-refractivity contribution is -0.113. The van der Waals surface area contributed by atoms with Crippen LogP contribution in [0.3, 0.4) is 0 Å². The van der Waals surface area contributed by atoms with Gasteiger partial charge in [0.2, 0.25) is 11.0 Å². The molecule has 0 unspecified atom stereocenters. The van der Waals surface area contributed by atoms with E-state index in [1.165, 1.54) is 29.4 Å². The van der Waals surface area contributed by atoms with Crippen molar-refractivity contribution in [2.24, 2.45) is 0 Å². The monoisotopic (exact) mass is 436 g/mol. The topological polar surface area (TPSA) is 97.1 Å². The van der Waals surface area contributed by atoms with Crippen molar-refractivity contribution in [2.75, 3.05) is 16.4 Å². The summed E-state index contributed by atoms with van der Waals surface area (Å²) in [7, 11) is 0. The number of hydrogen-bond acceptors (Lipinski definition) is 7. The van der Waals surface area contributed by atoms with Gasteiger partial charge in [0.05, 0.1) is 12.0 Å². The van der Waals surface area contributed by atoms with Crippen LogP contribution in [-0.4, -0.2) is 27.8 Å². The summed E-state index contributed by atoms with van der Waals surface area (Å²) < 4.78 is 5.62. The molecular weight excluding hydrogens is 420 g/mol. The molecule has 2 aromatic carbocycles. The molecule has 0 aliphatic carbocycles. The van der Waals surface area contributed by atoms with Crippen LogP contribution < -0.4 is 10.6 Å². The number of thioether (sulfide) groups is 1. The van der Waals surface area contributed by atoms with Gasteiger partial charge in [-0.2, -0.15) is 0 Å². The van der Waals surface area contributed by atoms with Crippen LogP contribution in [0.5, 0.6) is 0 Å². The Morgan fingerprint density at radius 3 is 2.53 bits per heavy atom. The summed E-state index contributed by atoms with van der Waals surface area (Å²) in [6.07, 6.45) is 1.42. The second kappa shape index (κ2) is 9.38. The van der Waals surface area contributed by atoms with Gasteiger partial charge in [0, 0.05) is 11.3 Å². The Bertz CT molecular complexity index is 1140. The van der Waals surface area contributed by atoms with Crippen LogP contribution in [0.1, 0.15) is 10.6 Å². The first kappa shape index (κ1) is 19.9. The van der Waals surface area contributed by atoms with Gasteiger partial charge >= 0.3 is 0 Å². The average molecular weight is 437 g/mol. The van der Waals surface area contributed by atoms with Gasteiger partial charge in [0.25, 0.3) is 5.91 Å². The first-order chi connectivity index (χ1) is 14.7. The minimum atomic E-state index is -0.400. The highest BCUT2D eigenvalue weighted by Gasteiger charge is 2.14. The number of carbonyl (C=O) groups is 2. The lowest BCUT2D eigenvalue weighted by Crippen LogP contribution is -2.14. The number of nitrogens with one attached hydrogen (secondary N) is 2. The van der Waals surface area contributed by atoms with Crippen molar-refractivity contribution in [1.29, 1.82) is 0 Å². The van der Waals surface area contributed by atoms with Gasteiger partial charge in [-0.3, -0.25) is 14.9 Å². The minimum Gasteiger partial charge on any atom is -0.459 e. The third-order valence-corrected chi connectivity index (χ3v) is 5.96. The molecule has 2 aromatic heterocycles. The first-order valence-electron chi connectivity index (χ1n) is 8.94. The molecule has 2 heterocycles. The van der Waals surface area contributed by atoms with E-state index in [1.807, 2.05) is 54.6 Å². The molecule has 0 atom stereocenters. The number of furan rings is 1. The highest BCUT2D eigenvalue weighted by atomic mass is 32.2. The third-order valence-electron chi connectivity index (χ3n) is 3.98. The molecule has 0 saturated carbocycles. The summed E-state index contributed by atoms with van der Waals surface area (Å²) in [5.41, 5.74) is 2.73. The Labute approximate surface area is 180 Å². The Hall–Kier alpha value is -3.43. The Morgan fingerprint density at radius 2 is 1.73 bits per heavy atom. The van der Waals surface area contributed by atoms with Crippen LogP contribution in [0, 0.1) is 0 Å². The van der Waals surface area contributed by atoms with Crippen molar-refractivity contribution in [1.82, 2.24) is 10.2 Å². The van der Waals surface area contributed by atoms with E-state index in [1.54, 1.807) is 12.1 Å². The van der Waals surface area contributed by atoms with Gasteiger partial charge in [0.1, 0.15) is 0 Å². The SMILES string of the molecule is O=C(CSc1nnc(NC(=O)c2ccco2)s1)Nc1ccccc1-c1ccccc1. The highest BCUT2D eigenvalue weighted by Crippen LogP contribution is 2.29. The molecule has 9 heteroatoms. The number of anilines is 2. The summed E-state index contributed by atoms with van der Waals surface area (Å²) in [4.78, 5) is 24.4. The van der Waals surface area contributed by atoms with Gasteiger partial charge in [-0.25, -0.2) is 0 Å². The summed E-state index contributed by atoms with van der Waals surface area (Å²) in [5, 5.41) is 13.8. The predicted molar refractivity (Wildman–Crippen MR) is 118 cm³/mol. The zero-order valence-corrected chi connectivity index (χ0v) is 17.2. The maximum absolute atomic E-state index is 12.5. The Morgan fingerprint density at radius 1 is 0.933 bits per heavy atom. The summed E-state index contributed by atoms with van der Waals surface area (Å²) >= 11 is 2.45. The summed E-state index contributed by atoms with van der Waals surface area (Å²) in [5.74, 6) is -0.192. The van der Waals surface area contributed by atoms with Crippen LogP contribution in [0.15, 0.2) is 81.8 Å². The molecular formula is C21H16N4O3S2. The van der Waals surface area contributed by atoms with Gasteiger partial charge in [0.15, 0.2) is 10.1 Å². The number of nitrogens with zero attached hydrogens (tertiary/aromatic N) is 2. The molecule has 0 aliphatic rings. The number of carbonyl (C=O) groups excluding carboxylic acids is 2. The van der Waals surface area contributed by atoms with Gasteiger partial charge in [-0.05, 0) is 23.8 Å². The number of amides is 2. The second-order valence-corrected chi connectivity index (χ2v) is 8.25. The smallest absolute Gasteiger partial charge is 0.293 e. The third kappa shape index (κ3) is 4.94. The summed E-state index contributed by atoms with van der Waals surface area (Å²) in [6.45, 7) is 0. The average Bonchev–Trinajstić information content (AvgIpc) is 3.46. The minimum absolute atomic E-state index is 0.153. The van der Waals surface area contributed by atoms with Crippen molar-refractivity contribution < 1.29 is 14.0 Å². The fraction of sp³-hybridized carbons (Fsp3) is 0.0476. The Kier molecular flexibility index (Phi) is 6.21. The fourth-order valence-corrected chi connectivity index (χ4v) is 4.21. The van der Waals surface area contributed by atoms with E-state index in [0.717, 1.165) is 16.8 Å². The van der Waals surface area contributed by atoms with Gasteiger partial charge in [-0.15, -0.1) is 10.2 Å². The van der Waals surface area contributed by atoms with Crippen molar-refractivity contribution in [2.45, 2.75) is 4.34 Å². The maximum Gasteiger partial charge on any atom is 0.293 e. The Balaban J connectivity index is 1.34. The van der Waals surface area contributed by atoms with Crippen LogP contribution in [-0.2, 0) is 4.79 Å².